The van der Waals surface area contributed by atoms with Crippen LogP contribution in [0.15, 0.2) is 78.1 Å². The second kappa shape index (κ2) is 10.2. The van der Waals surface area contributed by atoms with Crippen LogP contribution in [0.1, 0.15) is 30.7 Å². The highest BCUT2D eigenvalue weighted by atomic mass is 16.3. The summed E-state index contributed by atoms with van der Waals surface area (Å²) < 4.78 is 3.50. The van der Waals surface area contributed by atoms with Gasteiger partial charge in [0, 0.05) is 44.5 Å². The number of amides is 1. The Labute approximate surface area is 220 Å². The van der Waals surface area contributed by atoms with Gasteiger partial charge in [-0.2, -0.15) is 0 Å². The van der Waals surface area contributed by atoms with Gasteiger partial charge in [0.1, 0.15) is 5.82 Å². The highest BCUT2D eigenvalue weighted by Crippen LogP contribution is 2.36. The lowest BCUT2D eigenvalue weighted by molar-refractivity contribution is -0.158. The number of fused-ring (bicyclic) bond motifs is 1. The lowest BCUT2D eigenvalue weighted by Gasteiger charge is -2.43. The lowest BCUT2D eigenvalue weighted by atomic mass is 9.76. The van der Waals surface area contributed by atoms with Crippen LogP contribution in [0.25, 0.3) is 16.9 Å². The van der Waals surface area contributed by atoms with E-state index in [0.29, 0.717) is 56.0 Å². The minimum absolute atomic E-state index is 0.0714. The van der Waals surface area contributed by atoms with Crippen molar-refractivity contribution in [1.29, 1.82) is 0 Å². The molecule has 0 bridgehead atoms. The number of benzene rings is 1. The molecule has 38 heavy (non-hydrogen) atoms. The largest absolute Gasteiger partial charge is 0.379 e. The molecule has 1 amide bonds. The fraction of sp³-hybridized carbons (Fsp3) is 0.379. The highest BCUT2D eigenvalue weighted by molar-refractivity contribution is 5.86. The first kappa shape index (κ1) is 24.5. The molecule has 2 N–H and O–H groups in total. The van der Waals surface area contributed by atoms with E-state index in [1.54, 1.807) is 23.2 Å². The van der Waals surface area contributed by atoms with Crippen LogP contribution in [-0.4, -0.2) is 66.8 Å². The number of hydrogen-bond acceptors (Lipinski definition) is 6. The summed E-state index contributed by atoms with van der Waals surface area (Å²) in [5.74, 6) is 0.510. The van der Waals surface area contributed by atoms with Crippen LogP contribution in [0.4, 0.5) is 0 Å². The number of carbonyl (C=O) groups is 1. The SMILES string of the molecule is O=C(N1CCC(Cn2cnc3c(ccn3-c3ccccn3)c2=O)CC1)[C@@]1(O)CCNC[C@H]1c1ccccc1. The Bertz CT molecular complexity index is 1480. The summed E-state index contributed by atoms with van der Waals surface area (Å²) in [4.78, 5) is 37.6. The molecule has 9 heteroatoms. The molecule has 196 valence electrons. The molecule has 0 aliphatic carbocycles. The van der Waals surface area contributed by atoms with Crippen LogP contribution < -0.4 is 10.9 Å². The summed E-state index contributed by atoms with van der Waals surface area (Å²) in [6, 6.07) is 17.2. The van der Waals surface area contributed by atoms with Gasteiger partial charge in [0.15, 0.2) is 11.2 Å². The third-order valence-corrected chi connectivity index (χ3v) is 8.10. The molecule has 5 heterocycles. The maximum atomic E-state index is 13.6. The van der Waals surface area contributed by atoms with Crippen molar-refractivity contribution in [3.05, 3.63) is 89.2 Å². The average Bonchev–Trinajstić information content (AvgIpc) is 3.41. The van der Waals surface area contributed by atoms with Crippen LogP contribution >= 0.6 is 0 Å². The number of nitrogens with zero attached hydrogens (tertiary/aromatic N) is 5. The highest BCUT2D eigenvalue weighted by Gasteiger charge is 2.48. The fourth-order valence-electron chi connectivity index (χ4n) is 5.94. The normalized spacial score (nSPS) is 22.6. The maximum absolute atomic E-state index is 13.6. The maximum Gasteiger partial charge on any atom is 0.262 e. The zero-order chi connectivity index (χ0) is 26.1. The van der Waals surface area contributed by atoms with Crippen LogP contribution in [-0.2, 0) is 11.3 Å². The quantitative estimate of drug-likeness (QED) is 0.425. The Hall–Kier alpha value is -3.82. The van der Waals surface area contributed by atoms with Gasteiger partial charge in [0.05, 0.1) is 11.7 Å². The molecule has 0 radical (unpaired) electrons. The minimum Gasteiger partial charge on any atom is -0.379 e. The summed E-state index contributed by atoms with van der Waals surface area (Å²) >= 11 is 0. The summed E-state index contributed by atoms with van der Waals surface area (Å²) in [5.41, 5.74) is 0.0857. The Morgan fingerprint density at radius 2 is 1.84 bits per heavy atom. The van der Waals surface area contributed by atoms with E-state index in [4.69, 9.17) is 0 Å². The van der Waals surface area contributed by atoms with Gasteiger partial charge in [-0.3, -0.25) is 18.7 Å². The van der Waals surface area contributed by atoms with E-state index in [1.165, 1.54) is 0 Å². The van der Waals surface area contributed by atoms with Gasteiger partial charge in [-0.05, 0) is 55.5 Å². The van der Waals surface area contributed by atoms with Gasteiger partial charge in [-0.15, -0.1) is 0 Å². The van der Waals surface area contributed by atoms with E-state index in [9.17, 15) is 14.7 Å². The number of aromatic nitrogens is 4. The van der Waals surface area contributed by atoms with Crippen LogP contribution in [0.3, 0.4) is 0 Å². The fourth-order valence-corrected chi connectivity index (χ4v) is 5.94. The van der Waals surface area contributed by atoms with E-state index < -0.39 is 5.60 Å². The molecule has 0 spiro atoms. The summed E-state index contributed by atoms with van der Waals surface area (Å²) in [5, 5.41) is 15.5. The van der Waals surface area contributed by atoms with Crippen LogP contribution in [0.5, 0.6) is 0 Å². The number of hydrogen-bond donors (Lipinski definition) is 2. The van der Waals surface area contributed by atoms with Gasteiger partial charge < -0.3 is 15.3 Å². The molecule has 1 aromatic carbocycles. The number of rotatable bonds is 5. The summed E-state index contributed by atoms with van der Waals surface area (Å²) in [6.45, 7) is 2.88. The van der Waals surface area contributed by atoms with Gasteiger partial charge in [-0.1, -0.05) is 36.4 Å². The first-order valence-electron chi connectivity index (χ1n) is 13.3. The van der Waals surface area contributed by atoms with E-state index in [2.05, 4.69) is 15.3 Å². The molecule has 0 saturated carbocycles. The molecule has 0 unspecified atom stereocenters. The predicted octanol–water partition coefficient (Wildman–Crippen LogP) is 2.33. The van der Waals surface area contributed by atoms with Crippen molar-refractivity contribution in [3.8, 4) is 5.82 Å². The number of piperidine rings is 2. The van der Waals surface area contributed by atoms with Crippen molar-refractivity contribution >= 4 is 16.9 Å². The topological polar surface area (TPSA) is 105 Å². The predicted molar refractivity (Wildman–Crippen MR) is 144 cm³/mol. The molecule has 2 saturated heterocycles. The zero-order valence-corrected chi connectivity index (χ0v) is 21.2. The van der Waals surface area contributed by atoms with Gasteiger partial charge in [0.25, 0.3) is 11.5 Å². The van der Waals surface area contributed by atoms with Crippen molar-refractivity contribution in [1.82, 2.24) is 29.3 Å². The second-order valence-electron chi connectivity index (χ2n) is 10.4. The molecule has 2 atom stereocenters. The number of aliphatic hydroxyl groups is 1. The molecule has 6 rings (SSSR count). The van der Waals surface area contributed by atoms with Gasteiger partial charge >= 0.3 is 0 Å². The van der Waals surface area contributed by atoms with Crippen molar-refractivity contribution in [2.75, 3.05) is 26.2 Å². The van der Waals surface area contributed by atoms with Crippen molar-refractivity contribution < 1.29 is 9.90 Å². The third kappa shape index (κ3) is 4.41. The monoisotopic (exact) mass is 512 g/mol. The van der Waals surface area contributed by atoms with Gasteiger partial charge in [-0.25, -0.2) is 9.97 Å². The van der Waals surface area contributed by atoms with Gasteiger partial charge in [0.2, 0.25) is 0 Å². The van der Waals surface area contributed by atoms with Crippen molar-refractivity contribution in [3.63, 3.8) is 0 Å². The number of nitrogens with one attached hydrogen (secondary N) is 1. The van der Waals surface area contributed by atoms with E-state index in [1.807, 2.05) is 64.2 Å². The molecule has 2 fully saturated rings. The molecular formula is C29H32N6O3. The first-order chi connectivity index (χ1) is 18.5. The third-order valence-electron chi connectivity index (χ3n) is 8.10. The number of carbonyl (C=O) groups excluding carboxylic acids is 1. The Balaban J connectivity index is 1.14. The molecular weight excluding hydrogens is 480 g/mol. The molecule has 9 nitrogen and oxygen atoms in total. The Morgan fingerprint density at radius 1 is 1.05 bits per heavy atom. The van der Waals surface area contributed by atoms with Crippen molar-refractivity contribution in [2.45, 2.75) is 37.3 Å². The first-order valence-corrected chi connectivity index (χ1v) is 13.3. The minimum atomic E-state index is -1.41. The lowest BCUT2D eigenvalue weighted by Crippen LogP contribution is -2.59. The Kier molecular flexibility index (Phi) is 6.55. The molecule has 2 aliphatic rings. The number of pyridine rings is 1. The van der Waals surface area contributed by atoms with Crippen molar-refractivity contribution in [2.24, 2.45) is 5.92 Å². The Morgan fingerprint density at radius 3 is 2.61 bits per heavy atom. The second-order valence-corrected chi connectivity index (χ2v) is 10.4. The summed E-state index contributed by atoms with van der Waals surface area (Å²) in [6.07, 6.45) is 7.09. The van der Waals surface area contributed by atoms with E-state index in [-0.39, 0.29) is 23.3 Å². The molecule has 4 aromatic rings. The van der Waals surface area contributed by atoms with Crippen LogP contribution in [0.2, 0.25) is 0 Å². The standard InChI is InChI=1S/C29H32N6O3/c36-27-23-11-17-35(25-8-4-5-13-31-25)26(23)32-20-34(27)19-21-9-15-33(16-10-21)28(37)29(38)12-14-30-18-24(29)22-6-2-1-3-7-22/h1-8,11,13,17,20-21,24,30,38H,9-10,12,14-16,18-19H2/t24-,29+/m0/s1. The van der Waals surface area contributed by atoms with E-state index in [0.717, 1.165) is 18.4 Å². The molecule has 2 aliphatic heterocycles. The summed E-state index contributed by atoms with van der Waals surface area (Å²) in [7, 11) is 0. The molecule has 3 aromatic heterocycles. The smallest absolute Gasteiger partial charge is 0.262 e. The van der Waals surface area contributed by atoms with E-state index >= 15 is 0 Å². The average molecular weight is 513 g/mol. The van der Waals surface area contributed by atoms with Crippen LogP contribution in [0, 0.1) is 5.92 Å². The number of likely N-dealkylation sites (tertiary alicyclic amines) is 1. The zero-order valence-electron chi connectivity index (χ0n) is 21.2.